The zero-order chi connectivity index (χ0) is 12.7. The molecule has 0 saturated carbocycles. The molecule has 2 aromatic rings. The number of fused-ring (bicyclic) bond motifs is 1. The summed E-state index contributed by atoms with van der Waals surface area (Å²) in [6, 6.07) is 7.07. The van der Waals surface area contributed by atoms with Crippen LogP contribution in [0, 0.1) is 0 Å². The second-order valence-electron chi connectivity index (χ2n) is 4.63. The standard InChI is InChI=1S/C11H14N2O3S/c1-11(2,14)7-17(15,16)10-12-8-5-3-4-6-9(8)13-10/h3-6,14H,7H2,1-2H3,(H,12,13). The monoisotopic (exact) mass is 254 g/mol. The van der Waals surface area contributed by atoms with Gasteiger partial charge in [0.2, 0.25) is 15.0 Å². The fraction of sp³-hybridized carbons (Fsp3) is 0.364. The summed E-state index contributed by atoms with van der Waals surface area (Å²) in [6.45, 7) is 2.90. The van der Waals surface area contributed by atoms with E-state index in [9.17, 15) is 13.5 Å². The number of aliphatic hydroxyl groups is 1. The lowest BCUT2D eigenvalue weighted by Gasteiger charge is -2.15. The van der Waals surface area contributed by atoms with Gasteiger partial charge >= 0.3 is 0 Å². The van der Waals surface area contributed by atoms with Gasteiger partial charge in [-0.15, -0.1) is 0 Å². The third-order valence-corrected chi connectivity index (χ3v) is 4.07. The van der Waals surface area contributed by atoms with Crippen LogP contribution in [0.4, 0.5) is 0 Å². The molecule has 0 radical (unpaired) electrons. The minimum atomic E-state index is -3.60. The zero-order valence-corrected chi connectivity index (χ0v) is 10.5. The van der Waals surface area contributed by atoms with Crippen LogP contribution in [-0.4, -0.2) is 34.8 Å². The van der Waals surface area contributed by atoms with Crippen molar-refractivity contribution in [1.82, 2.24) is 9.97 Å². The highest BCUT2D eigenvalue weighted by Crippen LogP contribution is 2.17. The van der Waals surface area contributed by atoms with Crippen LogP contribution in [0.3, 0.4) is 0 Å². The first-order valence-electron chi connectivity index (χ1n) is 5.18. The molecule has 0 aliphatic heterocycles. The highest BCUT2D eigenvalue weighted by atomic mass is 32.2. The quantitative estimate of drug-likeness (QED) is 0.859. The van der Waals surface area contributed by atoms with E-state index >= 15 is 0 Å². The predicted octanol–water partition coefficient (Wildman–Crippen LogP) is 1.11. The predicted molar refractivity (Wildman–Crippen MR) is 64.4 cm³/mol. The molecule has 17 heavy (non-hydrogen) atoms. The molecule has 6 heteroatoms. The number of nitrogens with one attached hydrogen (secondary N) is 1. The second kappa shape index (κ2) is 3.82. The lowest BCUT2D eigenvalue weighted by Crippen LogP contribution is -2.30. The highest BCUT2D eigenvalue weighted by molar-refractivity contribution is 7.91. The Kier molecular flexibility index (Phi) is 2.71. The zero-order valence-electron chi connectivity index (χ0n) is 9.64. The summed E-state index contributed by atoms with van der Waals surface area (Å²) in [4.78, 5) is 6.76. The molecule has 1 aromatic carbocycles. The van der Waals surface area contributed by atoms with Gasteiger partial charge in [0.05, 0.1) is 22.4 Å². The van der Waals surface area contributed by atoms with E-state index < -0.39 is 15.4 Å². The Morgan fingerprint density at radius 3 is 2.59 bits per heavy atom. The Hall–Kier alpha value is -1.40. The Labute approximate surface area is 99.4 Å². The summed E-state index contributed by atoms with van der Waals surface area (Å²) in [5.41, 5.74) is -0.0127. The molecule has 5 nitrogen and oxygen atoms in total. The van der Waals surface area contributed by atoms with Gasteiger partial charge in [-0.25, -0.2) is 13.4 Å². The van der Waals surface area contributed by atoms with Crippen LogP contribution in [0.5, 0.6) is 0 Å². The lowest BCUT2D eigenvalue weighted by molar-refractivity contribution is 0.105. The molecule has 1 aromatic heterocycles. The fourth-order valence-electron chi connectivity index (χ4n) is 1.61. The minimum Gasteiger partial charge on any atom is -0.389 e. The summed E-state index contributed by atoms with van der Waals surface area (Å²) < 4.78 is 23.9. The van der Waals surface area contributed by atoms with Crippen molar-refractivity contribution >= 4 is 20.9 Å². The Morgan fingerprint density at radius 1 is 1.35 bits per heavy atom. The molecular weight excluding hydrogens is 240 g/mol. The lowest BCUT2D eigenvalue weighted by atomic mass is 10.2. The largest absolute Gasteiger partial charge is 0.389 e. The Morgan fingerprint density at radius 2 is 2.00 bits per heavy atom. The smallest absolute Gasteiger partial charge is 0.226 e. The normalized spacial score (nSPS) is 13.1. The molecule has 0 unspecified atom stereocenters. The van der Waals surface area contributed by atoms with E-state index in [1.54, 1.807) is 24.3 Å². The number of sulfone groups is 1. The van der Waals surface area contributed by atoms with Gasteiger partial charge in [0, 0.05) is 0 Å². The number of hydrogen-bond donors (Lipinski definition) is 2. The van der Waals surface area contributed by atoms with E-state index in [4.69, 9.17) is 0 Å². The second-order valence-corrected chi connectivity index (χ2v) is 6.54. The van der Waals surface area contributed by atoms with E-state index in [1.807, 2.05) is 0 Å². The van der Waals surface area contributed by atoms with Crippen LogP contribution in [-0.2, 0) is 9.84 Å². The van der Waals surface area contributed by atoms with E-state index in [0.717, 1.165) is 0 Å². The molecule has 0 aliphatic carbocycles. The number of para-hydroxylation sites is 2. The average molecular weight is 254 g/mol. The number of hydrogen-bond acceptors (Lipinski definition) is 4. The Balaban J connectivity index is 2.46. The third-order valence-electron chi connectivity index (χ3n) is 2.21. The molecule has 0 amide bonds. The van der Waals surface area contributed by atoms with Gasteiger partial charge in [-0.05, 0) is 26.0 Å². The van der Waals surface area contributed by atoms with Gasteiger partial charge in [0.25, 0.3) is 0 Å². The van der Waals surface area contributed by atoms with Gasteiger partial charge in [0.1, 0.15) is 0 Å². The first kappa shape index (κ1) is 12.1. The van der Waals surface area contributed by atoms with Crippen molar-refractivity contribution in [3.05, 3.63) is 24.3 Å². The fourth-order valence-corrected chi connectivity index (χ4v) is 3.18. The van der Waals surface area contributed by atoms with Crippen molar-refractivity contribution < 1.29 is 13.5 Å². The molecule has 2 N–H and O–H groups in total. The molecule has 0 saturated heterocycles. The van der Waals surface area contributed by atoms with Crippen molar-refractivity contribution in [3.8, 4) is 0 Å². The van der Waals surface area contributed by atoms with Gasteiger partial charge in [-0.1, -0.05) is 12.1 Å². The minimum absolute atomic E-state index is 0.0965. The average Bonchev–Trinajstić information content (AvgIpc) is 2.57. The molecule has 0 spiro atoms. The maximum absolute atomic E-state index is 12.0. The molecule has 1 heterocycles. The molecule has 2 rings (SSSR count). The first-order valence-corrected chi connectivity index (χ1v) is 6.83. The van der Waals surface area contributed by atoms with Crippen LogP contribution in [0.15, 0.2) is 29.4 Å². The van der Waals surface area contributed by atoms with Crippen molar-refractivity contribution in [3.63, 3.8) is 0 Å². The van der Waals surface area contributed by atoms with Crippen LogP contribution in [0.2, 0.25) is 0 Å². The molecule has 92 valence electrons. The highest BCUT2D eigenvalue weighted by Gasteiger charge is 2.27. The van der Waals surface area contributed by atoms with Gasteiger partial charge < -0.3 is 10.1 Å². The van der Waals surface area contributed by atoms with E-state index in [0.29, 0.717) is 11.0 Å². The number of rotatable bonds is 3. The van der Waals surface area contributed by atoms with Crippen molar-refractivity contribution in [2.45, 2.75) is 24.6 Å². The van der Waals surface area contributed by atoms with E-state index in [1.165, 1.54) is 13.8 Å². The van der Waals surface area contributed by atoms with E-state index in [2.05, 4.69) is 9.97 Å². The van der Waals surface area contributed by atoms with Gasteiger partial charge in [-0.2, -0.15) is 0 Å². The van der Waals surface area contributed by atoms with Crippen LogP contribution < -0.4 is 0 Å². The van der Waals surface area contributed by atoms with Crippen LogP contribution >= 0.6 is 0 Å². The molecule has 0 atom stereocenters. The third kappa shape index (κ3) is 2.65. The van der Waals surface area contributed by atoms with Gasteiger partial charge in [0.15, 0.2) is 0 Å². The number of H-pyrrole nitrogens is 1. The molecule has 0 bridgehead atoms. The van der Waals surface area contributed by atoms with Crippen molar-refractivity contribution in [1.29, 1.82) is 0 Å². The van der Waals surface area contributed by atoms with Crippen LogP contribution in [0.25, 0.3) is 11.0 Å². The van der Waals surface area contributed by atoms with E-state index in [-0.39, 0.29) is 10.9 Å². The first-order chi connectivity index (χ1) is 7.78. The van der Waals surface area contributed by atoms with Gasteiger partial charge in [-0.3, -0.25) is 0 Å². The van der Waals surface area contributed by atoms with Crippen molar-refractivity contribution in [2.75, 3.05) is 5.75 Å². The molecular formula is C11H14N2O3S. The maximum Gasteiger partial charge on any atom is 0.226 e. The number of nitrogens with zero attached hydrogens (tertiary/aromatic N) is 1. The molecule has 0 fully saturated rings. The summed E-state index contributed by atoms with van der Waals surface area (Å²) in [7, 11) is -3.60. The number of aromatic amines is 1. The van der Waals surface area contributed by atoms with Crippen molar-refractivity contribution in [2.24, 2.45) is 0 Å². The summed E-state index contributed by atoms with van der Waals surface area (Å²) in [5, 5.41) is 9.47. The summed E-state index contributed by atoms with van der Waals surface area (Å²) in [6.07, 6.45) is 0. The summed E-state index contributed by atoms with van der Waals surface area (Å²) in [5.74, 6) is -0.361. The topological polar surface area (TPSA) is 83.0 Å². The van der Waals surface area contributed by atoms with Crippen LogP contribution in [0.1, 0.15) is 13.8 Å². The Bertz CT molecular complexity index is 605. The number of imidazole rings is 1. The molecule has 0 aliphatic rings. The number of aromatic nitrogens is 2. The maximum atomic E-state index is 12.0. The summed E-state index contributed by atoms with van der Waals surface area (Å²) >= 11 is 0. The number of benzene rings is 1. The SMILES string of the molecule is CC(C)(O)CS(=O)(=O)c1nc2ccccc2[nH]1.